The van der Waals surface area contributed by atoms with E-state index in [0.717, 1.165) is 38.5 Å². The van der Waals surface area contributed by atoms with Crippen molar-refractivity contribution in [1.82, 2.24) is 0 Å². The van der Waals surface area contributed by atoms with Gasteiger partial charge < -0.3 is 9.47 Å². The van der Waals surface area contributed by atoms with E-state index in [9.17, 15) is 14.4 Å². The van der Waals surface area contributed by atoms with Crippen LogP contribution in [0.4, 0.5) is 0 Å². The molecule has 0 bridgehead atoms. The summed E-state index contributed by atoms with van der Waals surface area (Å²) < 4.78 is 11.9. The second-order valence-electron chi connectivity index (χ2n) is 11.7. The van der Waals surface area contributed by atoms with Gasteiger partial charge in [-0.1, -0.05) is 19.4 Å². The van der Waals surface area contributed by atoms with Gasteiger partial charge in [-0.3, -0.25) is 14.4 Å². The molecule has 1 aliphatic heterocycles. The predicted octanol–water partition coefficient (Wildman–Crippen LogP) is 4.77. The highest BCUT2D eigenvalue weighted by Crippen LogP contribution is 2.69. The monoisotopic (exact) mass is 428 g/mol. The Morgan fingerprint density at radius 1 is 1.03 bits per heavy atom. The number of ketones is 1. The molecule has 5 rings (SSSR count). The van der Waals surface area contributed by atoms with E-state index in [1.165, 1.54) is 12.5 Å². The molecule has 5 nitrogen and oxygen atoms in total. The first kappa shape index (κ1) is 21.2. The summed E-state index contributed by atoms with van der Waals surface area (Å²) in [6, 6.07) is 0. The van der Waals surface area contributed by atoms with Crippen molar-refractivity contribution in [3.05, 3.63) is 11.6 Å². The number of ether oxygens (including phenoxy) is 2. The summed E-state index contributed by atoms with van der Waals surface area (Å²) in [5.41, 5.74) is 0.941. The molecule has 4 aliphatic carbocycles. The van der Waals surface area contributed by atoms with Gasteiger partial charge >= 0.3 is 11.9 Å². The number of cyclic esters (lactones) is 1. The lowest BCUT2D eigenvalue weighted by atomic mass is 9.45. The minimum atomic E-state index is -0.370. The largest absolute Gasteiger partial charge is 0.462 e. The summed E-state index contributed by atoms with van der Waals surface area (Å²) in [4.78, 5) is 36.3. The van der Waals surface area contributed by atoms with Gasteiger partial charge in [-0.2, -0.15) is 0 Å². The Bertz CT molecular complexity index is 860. The van der Waals surface area contributed by atoms with Gasteiger partial charge in [0, 0.05) is 38.0 Å². The molecule has 0 amide bonds. The second-order valence-corrected chi connectivity index (χ2v) is 11.7. The minimum Gasteiger partial charge on any atom is -0.462 e. The van der Waals surface area contributed by atoms with Crippen LogP contribution in [-0.4, -0.2) is 29.4 Å². The Balaban J connectivity index is 1.52. The predicted molar refractivity (Wildman–Crippen MR) is 115 cm³/mol. The molecule has 0 N–H and O–H groups in total. The minimum absolute atomic E-state index is 0.0262. The molecule has 8 atom stereocenters. The lowest BCUT2D eigenvalue weighted by Gasteiger charge is -2.60. The van der Waals surface area contributed by atoms with Crippen LogP contribution in [0.3, 0.4) is 0 Å². The van der Waals surface area contributed by atoms with E-state index in [1.807, 2.05) is 6.08 Å². The average molecular weight is 429 g/mol. The first-order valence-corrected chi connectivity index (χ1v) is 12.2. The van der Waals surface area contributed by atoms with Crippen molar-refractivity contribution in [2.45, 2.75) is 97.2 Å². The van der Waals surface area contributed by atoms with Crippen LogP contribution < -0.4 is 0 Å². The summed E-state index contributed by atoms with van der Waals surface area (Å²) in [7, 11) is 0. The quantitative estimate of drug-likeness (QED) is 0.593. The van der Waals surface area contributed by atoms with Gasteiger partial charge in [-0.25, -0.2) is 0 Å². The second kappa shape index (κ2) is 6.92. The van der Waals surface area contributed by atoms with Gasteiger partial charge in [-0.05, 0) is 74.2 Å². The van der Waals surface area contributed by atoms with Crippen molar-refractivity contribution >= 4 is 17.7 Å². The van der Waals surface area contributed by atoms with Crippen molar-refractivity contribution in [2.24, 2.45) is 34.5 Å². The Kier molecular flexibility index (Phi) is 4.74. The number of rotatable bonds is 2. The molecular formula is C26H36O5. The number of hydrogen-bond acceptors (Lipinski definition) is 5. The number of carbonyl (C=O) groups excluding carboxylic acids is 3. The Morgan fingerprint density at radius 3 is 2.48 bits per heavy atom. The molecule has 31 heavy (non-hydrogen) atoms. The first-order valence-electron chi connectivity index (χ1n) is 12.2. The highest BCUT2D eigenvalue weighted by atomic mass is 16.6. The number of fused-ring (bicyclic) bond motifs is 5. The Hall–Kier alpha value is -1.65. The maximum atomic E-state index is 12.2. The standard InChI is InChI=1S/C26H36O5/c1-15(27)30-20-14-16-13-17(28)7-10-24(16,2)19-8-11-25(3)18(23(19)20)5-6-21(25)26(4)12-9-22(29)31-26/h13,18-21,23H,5-12,14H2,1-4H3/t18-,19-,20-,21-,23-,24-,25-,26-/m0/s1. The van der Waals surface area contributed by atoms with Crippen LogP contribution in [0.2, 0.25) is 0 Å². The topological polar surface area (TPSA) is 69.7 Å². The molecule has 3 saturated carbocycles. The van der Waals surface area contributed by atoms with Crippen molar-refractivity contribution in [3.8, 4) is 0 Å². The van der Waals surface area contributed by atoms with Crippen molar-refractivity contribution in [2.75, 3.05) is 0 Å². The fourth-order valence-corrected chi connectivity index (χ4v) is 8.79. The molecule has 0 spiro atoms. The van der Waals surface area contributed by atoms with Gasteiger partial charge in [0.15, 0.2) is 5.78 Å². The van der Waals surface area contributed by atoms with E-state index in [-0.39, 0.29) is 40.3 Å². The highest BCUT2D eigenvalue weighted by molar-refractivity contribution is 5.91. The number of carbonyl (C=O) groups is 3. The molecule has 0 aromatic carbocycles. The van der Waals surface area contributed by atoms with E-state index in [0.29, 0.717) is 42.9 Å². The molecular weight excluding hydrogens is 392 g/mol. The molecule has 1 saturated heterocycles. The van der Waals surface area contributed by atoms with Gasteiger partial charge in [0.1, 0.15) is 11.7 Å². The summed E-state index contributed by atoms with van der Waals surface area (Å²) >= 11 is 0. The van der Waals surface area contributed by atoms with Crippen molar-refractivity contribution in [1.29, 1.82) is 0 Å². The van der Waals surface area contributed by atoms with Crippen molar-refractivity contribution < 1.29 is 23.9 Å². The fourth-order valence-electron chi connectivity index (χ4n) is 8.79. The third-order valence-corrected chi connectivity index (χ3v) is 10.2. The molecule has 5 heteroatoms. The highest BCUT2D eigenvalue weighted by Gasteiger charge is 2.65. The summed E-state index contributed by atoms with van der Waals surface area (Å²) in [6.07, 6.45) is 9.62. The average Bonchev–Trinajstić information content (AvgIpc) is 3.22. The SMILES string of the molecule is CC(=O)O[C@H]1CC2=CC(=O)CC[C@]2(C)[C@H]2CC[C@@]3(C)[C@@H](CC[C@@H]3[C@]3(C)CCC(=O)O3)[C@H]12. The van der Waals surface area contributed by atoms with E-state index in [4.69, 9.17) is 9.47 Å². The van der Waals surface area contributed by atoms with E-state index in [1.54, 1.807) is 0 Å². The lowest BCUT2D eigenvalue weighted by molar-refractivity contribution is -0.174. The molecule has 170 valence electrons. The Labute approximate surface area is 185 Å². The maximum absolute atomic E-state index is 12.2. The van der Waals surface area contributed by atoms with Crippen LogP contribution in [-0.2, 0) is 23.9 Å². The smallest absolute Gasteiger partial charge is 0.306 e. The van der Waals surface area contributed by atoms with Crippen LogP contribution in [0.5, 0.6) is 0 Å². The molecule has 0 radical (unpaired) electrons. The van der Waals surface area contributed by atoms with Crippen LogP contribution in [0.1, 0.15) is 85.5 Å². The van der Waals surface area contributed by atoms with Crippen LogP contribution in [0.15, 0.2) is 11.6 Å². The van der Waals surface area contributed by atoms with Crippen molar-refractivity contribution in [3.63, 3.8) is 0 Å². The zero-order valence-corrected chi connectivity index (χ0v) is 19.4. The molecule has 1 heterocycles. The maximum Gasteiger partial charge on any atom is 0.306 e. The zero-order valence-electron chi connectivity index (χ0n) is 19.4. The number of hydrogen-bond donors (Lipinski definition) is 0. The lowest BCUT2D eigenvalue weighted by Crippen LogP contribution is -2.57. The normalized spacial score (nSPS) is 48.9. The van der Waals surface area contributed by atoms with Gasteiger partial charge in [0.05, 0.1) is 0 Å². The molecule has 4 fully saturated rings. The third kappa shape index (κ3) is 3.05. The third-order valence-electron chi connectivity index (χ3n) is 10.2. The van der Waals surface area contributed by atoms with Crippen LogP contribution in [0, 0.1) is 34.5 Å². The molecule has 0 unspecified atom stereocenters. The first-order chi connectivity index (χ1) is 14.6. The van der Waals surface area contributed by atoms with Gasteiger partial charge in [0.25, 0.3) is 0 Å². The summed E-state index contributed by atoms with van der Waals surface area (Å²) in [5.74, 6) is 1.47. The molecule has 0 aromatic heterocycles. The van der Waals surface area contributed by atoms with E-state index >= 15 is 0 Å². The van der Waals surface area contributed by atoms with E-state index in [2.05, 4.69) is 20.8 Å². The van der Waals surface area contributed by atoms with Crippen LogP contribution >= 0.6 is 0 Å². The van der Waals surface area contributed by atoms with Gasteiger partial charge in [0.2, 0.25) is 0 Å². The van der Waals surface area contributed by atoms with E-state index < -0.39 is 0 Å². The summed E-state index contributed by atoms with van der Waals surface area (Å²) in [6.45, 7) is 8.40. The van der Waals surface area contributed by atoms with Gasteiger partial charge in [-0.15, -0.1) is 0 Å². The molecule has 5 aliphatic rings. The number of esters is 2. The fraction of sp³-hybridized carbons (Fsp3) is 0.808. The molecule has 0 aromatic rings. The van der Waals surface area contributed by atoms with Crippen LogP contribution in [0.25, 0.3) is 0 Å². The Morgan fingerprint density at radius 2 is 1.81 bits per heavy atom. The zero-order chi connectivity index (χ0) is 22.2. The summed E-state index contributed by atoms with van der Waals surface area (Å²) in [5, 5.41) is 0.